The van der Waals surface area contributed by atoms with E-state index in [0.717, 1.165) is 30.5 Å². The van der Waals surface area contributed by atoms with E-state index in [2.05, 4.69) is 4.90 Å². The summed E-state index contributed by atoms with van der Waals surface area (Å²) < 4.78 is 0. The second kappa shape index (κ2) is 7.21. The highest BCUT2D eigenvalue weighted by Gasteiger charge is 2.21. The number of aromatic hydroxyl groups is 1. The molecule has 0 atom stereocenters. The fourth-order valence-corrected chi connectivity index (χ4v) is 2.83. The average molecular weight is 310 g/mol. The first-order chi connectivity index (χ1) is 10.1. The fraction of sp³-hybridized carbons (Fsp3) is 0.429. The smallest absolute Gasteiger partial charge is 0.313 e. The highest BCUT2D eigenvalue weighted by Crippen LogP contribution is 2.20. The third kappa shape index (κ3) is 4.56. The number of aliphatic carboxylic acids is 1. The van der Waals surface area contributed by atoms with E-state index in [9.17, 15) is 14.7 Å². The van der Waals surface area contributed by atoms with Gasteiger partial charge in [0.1, 0.15) is 5.75 Å². The van der Waals surface area contributed by atoms with Crippen LogP contribution in [0.4, 0.5) is 5.69 Å². The summed E-state index contributed by atoms with van der Waals surface area (Å²) in [5.41, 5.74) is 1.03. The molecule has 1 aliphatic heterocycles. The molecule has 2 rings (SSSR count). The number of carboxylic acid groups (broad SMARTS) is 1. The molecule has 1 aromatic rings. The van der Waals surface area contributed by atoms with E-state index < -0.39 is 5.97 Å². The quantitative estimate of drug-likeness (QED) is 0.839. The normalized spacial score (nSPS) is 15.0. The van der Waals surface area contributed by atoms with Gasteiger partial charge in [0.25, 0.3) is 0 Å². The van der Waals surface area contributed by atoms with E-state index in [1.54, 1.807) is 17.0 Å². The summed E-state index contributed by atoms with van der Waals surface area (Å²) in [4.78, 5) is 26.3. The zero-order valence-corrected chi connectivity index (χ0v) is 12.4. The van der Waals surface area contributed by atoms with Gasteiger partial charge in [0.05, 0.1) is 11.5 Å². The van der Waals surface area contributed by atoms with Gasteiger partial charge < -0.3 is 20.0 Å². The van der Waals surface area contributed by atoms with E-state index >= 15 is 0 Å². The molecule has 0 aliphatic carbocycles. The Balaban J connectivity index is 1.78. The number of phenolic OH excluding ortho intramolecular Hbond substituents is 1. The second-order valence-corrected chi connectivity index (χ2v) is 5.76. The Morgan fingerprint density at radius 1 is 1.05 bits per heavy atom. The van der Waals surface area contributed by atoms with Gasteiger partial charge >= 0.3 is 5.97 Å². The largest absolute Gasteiger partial charge is 0.508 e. The molecule has 0 saturated carbocycles. The topological polar surface area (TPSA) is 81.1 Å². The van der Waals surface area contributed by atoms with Crippen molar-refractivity contribution < 1.29 is 19.8 Å². The number of nitrogens with zero attached hydrogens (tertiary/aromatic N) is 2. The Morgan fingerprint density at radius 2 is 1.67 bits per heavy atom. The minimum absolute atomic E-state index is 0.00777. The van der Waals surface area contributed by atoms with Crippen LogP contribution in [0.1, 0.15) is 0 Å². The van der Waals surface area contributed by atoms with E-state index in [4.69, 9.17) is 5.11 Å². The number of hydrogen-bond acceptors (Lipinski definition) is 5. The van der Waals surface area contributed by atoms with E-state index in [0.29, 0.717) is 13.1 Å². The molecule has 0 unspecified atom stereocenters. The van der Waals surface area contributed by atoms with Crippen LogP contribution in [0.2, 0.25) is 0 Å². The Labute approximate surface area is 127 Å². The van der Waals surface area contributed by atoms with Crippen LogP contribution in [-0.2, 0) is 9.59 Å². The van der Waals surface area contributed by atoms with Crippen molar-refractivity contribution in [1.82, 2.24) is 4.90 Å². The number of amides is 1. The van der Waals surface area contributed by atoms with Gasteiger partial charge in [-0.05, 0) is 24.3 Å². The molecule has 1 amide bonds. The standard InChI is InChI=1S/C14H18N2O4S/c17-12-3-1-11(2-4-12)15-5-7-16(8-6-15)13(18)9-21-10-14(19)20/h1-4,17H,5-10H2,(H,19,20). The molecule has 1 heterocycles. The number of rotatable bonds is 5. The Hall–Kier alpha value is -1.89. The molecule has 6 nitrogen and oxygen atoms in total. The van der Waals surface area contributed by atoms with Crippen molar-refractivity contribution in [3.63, 3.8) is 0 Å². The number of carboxylic acids is 1. The lowest BCUT2D eigenvalue weighted by molar-refractivity contribution is -0.133. The second-order valence-electron chi connectivity index (χ2n) is 4.77. The number of carbonyl (C=O) groups is 2. The number of thioether (sulfide) groups is 1. The molecule has 21 heavy (non-hydrogen) atoms. The molecule has 0 aromatic heterocycles. The Morgan fingerprint density at radius 3 is 2.24 bits per heavy atom. The van der Waals surface area contributed by atoms with Gasteiger partial charge in [0, 0.05) is 31.9 Å². The predicted octanol–water partition coefficient (Wildman–Crippen LogP) is 0.859. The van der Waals surface area contributed by atoms with Gasteiger partial charge in [-0.25, -0.2) is 0 Å². The predicted molar refractivity (Wildman–Crippen MR) is 81.9 cm³/mol. The molecule has 1 fully saturated rings. The minimum atomic E-state index is -0.898. The van der Waals surface area contributed by atoms with Crippen LogP contribution in [0.15, 0.2) is 24.3 Å². The summed E-state index contributed by atoms with van der Waals surface area (Å²) in [5.74, 6) is -0.496. The molecule has 1 aromatic carbocycles. The van der Waals surface area contributed by atoms with E-state index in [1.165, 1.54) is 0 Å². The molecule has 7 heteroatoms. The van der Waals surface area contributed by atoms with Crippen LogP contribution in [0.25, 0.3) is 0 Å². The molecule has 2 N–H and O–H groups in total. The number of hydrogen-bond donors (Lipinski definition) is 2. The van der Waals surface area contributed by atoms with Crippen molar-refractivity contribution in [2.75, 3.05) is 42.6 Å². The molecule has 1 aliphatic rings. The Bertz CT molecular complexity index is 498. The zero-order chi connectivity index (χ0) is 15.2. The van der Waals surface area contributed by atoms with E-state index in [1.807, 2.05) is 12.1 Å². The number of carbonyl (C=O) groups excluding carboxylic acids is 1. The van der Waals surface area contributed by atoms with Crippen LogP contribution in [0, 0.1) is 0 Å². The number of piperazine rings is 1. The van der Waals surface area contributed by atoms with Crippen molar-refractivity contribution >= 4 is 29.3 Å². The molecule has 0 radical (unpaired) electrons. The molecular formula is C14H18N2O4S. The number of benzene rings is 1. The minimum Gasteiger partial charge on any atom is -0.508 e. The maximum atomic E-state index is 11.9. The first-order valence-corrected chi connectivity index (χ1v) is 7.83. The Kier molecular flexibility index (Phi) is 5.32. The van der Waals surface area contributed by atoms with Crippen LogP contribution < -0.4 is 4.90 Å². The summed E-state index contributed by atoms with van der Waals surface area (Å²) in [7, 11) is 0. The third-order valence-corrected chi connectivity index (χ3v) is 4.20. The number of anilines is 1. The van der Waals surface area contributed by atoms with Gasteiger partial charge in [0.2, 0.25) is 5.91 Å². The monoisotopic (exact) mass is 310 g/mol. The maximum Gasteiger partial charge on any atom is 0.313 e. The lowest BCUT2D eigenvalue weighted by Crippen LogP contribution is -2.49. The van der Waals surface area contributed by atoms with Crippen LogP contribution >= 0.6 is 11.8 Å². The van der Waals surface area contributed by atoms with Crippen LogP contribution in [0.3, 0.4) is 0 Å². The molecule has 1 saturated heterocycles. The summed E-state index contributed by atoms with van der Waals surface area (Å²) >= 11 is 1.13. The first-order valence-electron chi connectivity index (χ1n) is 6.67. The van der Waals surface area contributed by atoms with Crippen LogP contribution in [0.5, 0.6) is 5.75 Å². The molecule has 0 bridgehead atoms. The van der Waals surface area contributed by atoms with Gasteiger partial charge in [-0.15, -0.1) is 11.8 Å². The fourth-order valence-electron chi connectivity index (χ4n) is 2.19. The van der Waals surface area contributed by atoms with Crippen molar-refractivity contribution in [2.24, 2.45) is 0 Å². The van der Waals surface area contributed by atoms with E-state index in [-0.39, 0.29) is 23.2 Å². The van der Waals surface area contributed by atoms with Crippen molar-refractivity contribution in [1.29, 1.82) is 0 Å². The van der Waals surface area contributed by atoms with Crippen molar-refractivity contribution in [3.8, 4) is 5.75 Å². The van der Waals surface area contributed by atoms with Gasteiger partial charge in [-0.3, -0.25) is 9.59 Å². The van der Waals surface area contributed by atoms with Gasteiger partial charge in [-0.2, -0.15) is 0 Å². The lowest BCUT2D eigenvalue weighted by atomic mass is 10.2. The average Bonchev–Trinajstić information content (AvgIpc) is 2.48. The summed E-state index contributed by atoms with van der Waals surface area (Å²) in [6.45, 7) is 2.74. The summed E-state index contributed by atoms with van der Waals surface area (Å²) in [5, 5.41) is 17.8. The highest BCUT2D eigenvalue weighted by molar-refractivity contribution is 8.00. The first kappa shape index (κ1) is 15.5. The highest BCUT2D eigenvalue weighted by atomic mass is 32.2. The lowest BCUT2D eigenvalue weighted by Gasteiger charge is -2.36. The maximum absolute atomic E-state index is 11.9. The summed E-state index contributed by atoms with van der Waals surface area (Å²) in [6.07, 6.45) is 0. The van der Waals surface area contributed by atoms with Crippen molar-refractivity contribution in [2.45, 2.75) is 0 Å². The van der Waals surface area contributed by atoms with Crippen LogP contribution in [-0.4, -0.2) is 64.7 Å². The molecule has 0 spiro atoms. The number of phenols is 1. The zero-order valence-electron chi connectivity index (χ0n) is 11.6. The molecule has 114 valence electrons. The summed E-state index contributed by atoms with van der Waals surface area (Å²) in [6, 6.07) is 7.01. The third-order valence-electron chi connectivity index (χ3n) is 3.30. The van der Waals surface area contributed by atoms with Gasteiger partial charge in [0.15, 0.2) is 0 Å². The van der Waals surface area contributed by atoms with Gasteiger partial charge in [-0.1, -0.05) is 0 Å². The van der Waals surface area contributed by atoms with Crippen molar-refractivity contribution in [3.05, 3.63) is 24.3 Å². The SMILES string of the molecule is O=C(O)CSCC(=O)N1CCN(c2ccc(O)cc2)CC1. The molecular weight excluding hydrogens is 292 g/mol.